The molecule has 0 saturated carbocycles. The molecule has 0 aliphatic carbocycles. The predicted octanol–water partition coefficient (Wildman–Crippen LogP) is -4.31. The van der Waals surface area contributed by atoms with Gasteiger partial charge in [0.1, 0.15) is 13.1 Å². The summed E-state index contributed by atoms with van der Waals surface area (Å²) < 4.78 is 2.61. The van der Waals surface area contributed by atoms with Crippen LogP contribution in [-0.2, 0) is 0 Å². The summed E-state index contributed by atoms with van der Waals surface area (Å²) >= 11 is 0. The second-order valence-electron chi connectivity index (χ2n) is 4.78. The molecule has 4 aliphatic heterocycles. The fraction of sp³-hybridized carbons (Fsp3) is 0.900. The van der Waals surface area contributed by atoms with Gasteiger partial charge >= 0.3 is 0 Å². The molecule has 0 aromatic carbocycles. The lowest BCUT2D eigenvalue weighted by atomic mass is 10.2. The molecule has 84 valence electrons. The SMILES string of the molecule is C1CN2CCN3CC[N+]4=C(C23)N1CC4.[Br-]. The Labute approximate surface area is 101 Å². The quantitative estimate of drug-likeness (QED) is 0.414. The van der Waals surface area contributed by atoms with Crippen LogP contribution >= 0.6 is 0 Å². The molecule has 4 heterocycles. The first-order chi connectivity index (χ1) is 6.93. The minimum absolute atomic E-state index is 0. The average Bonchev–Trinajstić information content (AvgIpc) is 2.77. The van der Waals surface area contributed by atoms with E-state index < -0.39 is 0 Å². The zero-order valence-electron chi connectivity index (χ0n) is 8.90. The predicted molar refractivity (Wildman–Crippen MR) is 53.5 cm³/mol. The van der Waals surface area contributed by atoms with Gasteiger partial charge in [-0.05, 0) is 0 Å². The van der Waals surface area contributed by atoms with E-state index in [0.717, 1.165) is 0 Å². The van der Waals surface area contributed by atoms with Crippen molar-refractivity contribution in [3.8, 4) is 0 Å². The lowest BCUT2D eigenvalue weighted by molar-refractivity contribution is -0.527. The molecule has 4 aliphatic rings. The molecular formula is C10H17BrN4. The third-order valence-corrected chi connectivity index (χ3v) is 4.20. The molecule has 1 atom stereocenters. The molecule has 0 bridgehead atoms. The molecule has 1 unspecified atom stereocenters. The summed E-state index contributed by atoms with van der Waals surface area (Å²) in [7, 11) is 0. The Morgan fingerprint density at radius 2 is 1.53 bits per heavy atom. The first-order valence-electron chi connectivity index (χ1n) is 5.78. The number of amidine groups is 1. The number of hydrogen-bond donors (Lipinski definition) is 0. The number of hydrogen-bond acceptors (Lipinski definition) is 3. The van der Waals surface area contributed by atoms with Crippen molar-refractivity contribution in [2.24, 2.45) is 0 Å². The number of halogens is 1. The average molecular weight is 273 g/mol. The highest BCUT2D eigenvalue weighted by Crippen LogP contribution is 2.25. The Morgan fingerprint density at radius 3 is 2.40 bits per heavy atom. The first-order valence-corrected chi connectivity index (χ1v) is 5.78. The molecule has 4 rings (SSSR count). The van der Waals surface area contributed by atoms with Crippen LogP contribution in [0.15, 0.2) is 0 Å². The highest BCUT2D eigenvalue weighted by molar-refractivity contribution is 5.85. The Morgan fingerprint density at radius 1 is 0.867 bits per heavy atom. The van der Waals surface area contributed by atoms with Gasteiger partial charge in [0.05, 0.1) is 13.1 Å². The van der Waals surface area contributed by atoms with E-state index in [1.807, 2.05) is 0 Å². The summed E-state index contributed by atoms with van der Waals surface area (Å²) in [5.74, 6) is 1.63. The number of piperazine rings is 1. The molecule has 15 heavy (non-hydrogen) atoms. The molecule has 0 radical (unpaired) electrons. The van der Waals surface area contributed by atoms with Crippen LogP contribution in [0.5, 0.6) is 0 Å². The summed E-state index contributed by atoms with van der Waals surface area (Å²) in [6, 6.07) is 0. The molecule has 5 heteroatoms. The summed E-state index contributed by atoms with van der Waals surface area (Å²) in [4.78, 5) is 7.92. The molecular weight excluding hydrogens is 256 g/mol. The number of rotatable bonds is 0. The van der Waals surface area contributed by atoms with Crippen LogP contribution in [0.2, 0.25) is 0 Å². The minimum atomic E-state index is 0. The first kappa shape index (κ1) is 10.1. The fourth-order valence-electron chi connectivity index (χ4n) is 3.48. The van der Waals surface area contributed by atoms with Gasteiger partial charge in [-0.2, -0.15) is 0 Å². The Kier molecular flexibility index (Phi) is 2.30. The van der Waals surface area contributed by atoms with E-state index in [1.165, 1.54) is 52.4 Å². The van der Waals surface area contributed by atoms with Gasteiger partial charge < -0.3 is 17.0 Å². The van der Waals surface area contributed by atoms with Gasteiger partial charge in [0.15, 0.2) is 6.17 Å². The normalized spacial score (nSPS) is 34.4. The van der Waals surface area contributed by atoms with E-state index in [4.69, 9.17) is 0 Å². The van der Waals surface area contributed by atoms with Crippen LogP contribution in [0.4, 0.5) is 0 Å². The molecule has 0 spiro atoms. The van der Waals surface area contributed by atoms with E-state index in [1.54, 1.807) is 5.84 Å². The Hall–Kier alpha value is -0.130. The van der Waals surface area contributed by atoms with Crippen molar-refractivity contribution >= 4 is 5.84 Å². The topological polar surface area (TPSA) is 12.7 Å². The molecule has 4 nitrogen and oxygen atoms in total. The van der Waals surface area contributed by atoms with E-state index in [9.17, 15) is 0 Å². The van der Waals surface area contributed by atoms with Crippen LogP contribution in [0.3, 0.4) is 0 Å². The lowest BCUT2D eigenvalue weighted by Gasteiger charge is -2.37. The Balaban J connectivity index is 0.000000722. The van der Waals surface area contributed by atoms with E-state index in [-0.39, 0.29) is 17.0 Å². The largest absolute Gasteiger partial charge is 1.00 e. The maximum atomic E-state index is 2.66. The smallest absolute Gasteiger partial charge is 0.280 e. The molecule has 0 amide bonds. The number of nitrogens with zero attached hydrogens (tertiary/aromatic N) is 4. The fourth-order valence-corrected chi connectivity index (χ4v) is 3.48. The second kappa shape index (κ2) is 3.43. The van der Waals surface area contributed by atoms with Gasteiger partial charge in [-0.1, -0.05) is 0 Å². The van der Waals surface area contributed by atoms with Gasteiger partial charge in [-0.3, -0.25) is 19.3 Å². The van der Waals surface area contributed by atoms with Crippen LogP contribution in [0.1, 0.15) is 0 Å². The third kappa shape index (κ3) is 1.23. The van der Waals surface area contributed by atoms with Crippen LogP contribution < -0.4 is 17.0 Å². The molecule has 0 aromatic heterocycles. The van der Waals surface area contributed by atoms with Crippen molar-refractivity contribution in [3.05, 3.63) is 0 Å². The van der Waals surface area contributed by atoms with Crippen molar-refractivity contribution in [1.82, 2.24) is 14.7 Å². The standard InChI is InChI=1S/C10H17N4.BrH/c1-2-12-7-8-14-4-3-13-6-5-11(1)9(12)10(13)14;/h9H,1-8H2;1H/q+1;/p-1. The molecule has 2 saturated heterocycles. The van der Waals surface area contributed by atoms with Crippen molar-refractivity contribution in [3.63, 3.8) is 0 Å². The second-order valence-corrected chi connectivity index (χ2v) is 4.78. The van der Waals surface area contributed by atoms with Gasteiger partial charge in [0.25, 0.3) is 5.84 Å². The summed E-state index contributed by atoms with van der Waals surface area (Å²) in [6.07, 6.45) is 0.653. The zero-order chi connectivity index (χ0) is 9.12. The van der Waals surface area contributed by atoms with Crippen molar-refractivity contribution in [2.75, 3.05) is 52.4 Å². The maximum Gasteiger partial charge on any atom is 0.280 e. The zero-order valence-corrected chi connectivity index (χ0v) is 10.5. The minimum Gasteiger partial charge on any atom is -1.00 e. The summed E-state index contributed by atoms with van der Waals surface area (Å²) in [6.45, 7) is 10.2. The lowest BCUT2D eigenvalue weighted by Crippen LogP contribution is -3.00. The van der Waals surface area contributed by atoms with Crippen LogP contribution in [-0.4, -0.2) is 83.6 Å². The van der Waals surface area contributed by atoms with Crippen molar-refractivity contribution in [1.29, 1.82) is 0 Å². The van der Waals surface area contributed by atoms with Crippen LogP contribution in [0, 0.1) is 0 Å². The summed E-state index contributed by atoms with van der Waals surface area (Å²) in [5, 5.41) is 0. The van der Waals surface area contributed by atoms with E-state index >= 15 is 0 Å². The Bertz CT molecular complexity index is 317. The molecule has 0 N–H and O–H groups in total. The molecule has 0 aromatic rings. The third-order valence-electron chi connectivity index (χ3n) is 4.20. The van der Waals surface area contributed by atoms with Gasteiger partial charge in [0, 0.05) is 26.2 Å². The highest BCUT2D eigenvalue weighted by Gasteiger charge is 2.51. The van der Waals surface area contributed by atoms with E-state index in [2.05, 4.69) is 19.3 Å². The van der Waals surface area contributed by atoms with E-state index in [0.29, 0.717) is 6.17 Å². The van der Waals surface area contributed by atoms with Gasteiger partial charge in [-0.15, -0.1) is 0 Å². The highest BCUT2D eigenvalue weighted by atomic mass is 79.9. The van der Waals surface area contributed by atoms with Gasteiger partial charge in [-0.25, -0.2) is 0 Å². The molecule has 2 fully saturated rings. The summed E-state index contributed by atoms with van der Waals surface area (Å²) in [5.41, 5.74) is 0. The maximum absolute atomic E-state index is 2.66. The monoisotopic (exact) mass is 272 g/mol. The van der Waals surface area contributed by atoms with Crippen LogP contribution in [0.25, 0.3) is 0 Å². The van der Waals surface area contributed by atoms with Gasteiger partial charge in [0.2, 0.25) is 0 Å². The van der Waals surface area contributed by atoms with Crippen molar-refractivity contribution in [2.45, 2.75) is 6.17 Å². The van der Waals surface area contributed by atoms with Crippen molar-refractivity contribution < 1.29 is 21.6 Å².